The van der Waals surface area contributed by atoms with Crippen LogP contribution in [0, 0.1) is 18.3 Å². The second-order valence-electron chi connectivity index (χ2n) is 2.84. The van der Waals surface area contributed by atoms with Crippen LogP contribution >= 0.6 is 15.9 Å². The number of hydrogen-bond acceptors (Lipinski definition) is 2. The Hall–Kier alpha value is -1.14. The number of aryl methyl sites for hydroxylation is 1. The molecule has 0 aliphatic carbocycles. The highest BCUT2D eigenvalue weighted by Crippen LogP contribution is 2.22. The lowest BCUT2D eigenvalue weighted by Crippen LogP contribution is -1.98. The second-order valence-corrected chi connectivity index (χ2v) is 3.69. The molecule has 1 aromatic carbocycles. The standard InChI is InChI=1S/C10H8BrNO/c1-6-3-8(5-12)10(7(2)13)9(11)4-6/h3-4H,1-2H3. The molecule has 0 unspecified atom stereocenters. The first-order valence-corrected chi connectivity index (χ1v) is 4.56. The first-order chi connectivity index (χ1) is 6.06. The van der Waals surface area contributed by atoms with Gasteiger partial charge in [-0.2, -0.15) is 5.26 Å². The van der Waals surface area contributed by atoms with Gasteiger partial charge in [0.1, 0.15) is 0 Å². The van der Waals surface area contributed by atoms with E-state index < -0.39 is 0 Å². The highest BCUT2D eigenvalue weighted by molar-refractivity contribution is 9.10. The molecule has 1 aromatic rings. The minimum Gasteiger partial charge on any atom is -0.294 e. The zero-order chi connectivity index (χ0) is 10.0. The van der Waals surface area contributed by atoms with Crippen molar-refractivity contribution in [1.82, 2.24) is 0 Å². The summed E-state index contributed by atoms with van der Waals surface area (Å²) in [7, 11) is 0. The molecule has 0 spiro atoms. The number of rotatable bonds is 1. The smallest absolute Gasteiger partial charge is 0.162 e. The van der Waals surface area contributed by atoms with Crippen LogP contribution in [0.4, 0.5) is 0 Å². The molecule has 0 radical (unpaired) electrons. The van der Waals surface area contributed by atoms with Gasteiger partial charge in [-0.3, -0.25) is 4.79 Å². The van der Waals surface area contributed by atoms with Crippen LogP contribution in [0.5, 0.6) is 0 Å². The van der Waals surface area contributed by atoms with Crippen LogP contribution in [-0.4, -0.2) is 5.78 Å². The Balaban J connectivity index is 3.50. The third kappa shape index (κ3) is 1.96. The maximum atomic E-state index is 11.2. The molecular weight excluding hydrogens is 230 g/mol. The molecule has 0 N–H and O–H groups in total. The van der Waals surface area contributed by atoms with Gasteiger partial charge in [-0.05, 0) is 47.5 Å². The molecule has 0 saturated carbocycles. The predicted octanol–water partition coefficient (Wildman–Crippen LogP) is 2.83. The Bertz CT molecular complexity index is 404. The Kier molecular flexibility index (Phi) is 2.84. The van der Waals surface area contributed by atoms with Crippen LogP contribution in [0.2, 0.25) is 0 Å². The normalized spacial score (nSPS) is 9.38. The summed E-state index contributed by atoms with van der Waals surface area (Å²) >= 11 is 3.27. The SMILES string of the molecule is CC(=O)c1c(Br)cc(C)cc1C#N. The number of benzene rings is 1. The van der Waals surface area contributed by atoms with Crippen LogP contribution in [-0.2, 0) is 0 Å². The molecule has 2 nitrogen and oxygen atoms in total. The molecular formula is C10H8BrNO. The second kappa shape index (κ2) is 3.71. The number of hydrogen-bond donors (Lipinski definition) is 0. The van der Waals surface area contributed by atoms with Crippen LogP contribution in [0.15, 0.2) is 16.6 Å². The summed E-state index contributed by atoms with van der Waals surface area (Å²) in [4.78, 5) is 11.2. The Morgan fingerprint density at radius 1 is 1.54 bits per heavy atom. The number of nitriles is 1. The van der Waals surface area contributed by atoms with Crippen molar-refractivity contribution in [2.45, 2.75) is 13.8 Å². The summed E-state index contributed by atoms with van der Waals surface area (Å²) in [5.41, 5.74) is 1.86. The van der Waals surface area contributed by atoms with Gasteiger partial charge in [-0.1, -0.05) is 0 Å². The quantitative estimate of drug-likeness (QED) is 0.706. The number of Topliss-reactive ketones (excluding diaryl/α,β-unsaturated/α-hetero) is 1. The van der Waals surface area contributed by atoms with E-state index in [-0.39, 0.29) is 5.78 Å². The Labute approximate surface area is 85.3 Å². The molecule has 0 atom stereocenters. The highest BCUT2D eigenvalue weighted by Gasteiger charge is 2.11. The molecule has 0 aromatic heterocycles. The van der Waals surface area contributed by atoms with Crippen LogP contribution in [0.1, 0.15) is 28.4 Å². The summed E-state index contributed by atoms with van der Waals surface area (Å²) in [6.07, 6.45) is 0. The zero-order valence-corrected chi connectivity index (χ0v) is 8.97. The van der Waals surface area contributed by atoms with E-state index in [0.717, 1.165) is 5.56 Å². The summed E-state index contributed by atoms with van der Waals surface area (Å²) in [6, 6.07) is 5.55. The Morgan fingerprint density at radius 3 is 2.62 bits per heavy atom. The monoisotopic (exact) mass is 237 g/mol. The van der Waals surface area contributed by atoms with Gasteiger partial charge in [0.05, 0.1) is 11.6 Å². The van der Waals surface area contributed by atoms with Crippen molar-refractivity contribution < 1.29 is 4.79 Å². The van der Waals surface area contributed by atoms with Crippen LogP contribution in [0.3, 0.4) is 0 Å². The molecule has 0 saturated heterocycles. The molecule has 3 heteroatoms. The van der Waals surface area contributed by atoms with Gasteiger partial charge in [0.2, 0.25) is 0 Å². The third-order valence-electron chi connectivity index (χ3n) is 1.71. The molecule has 0 amide bonds. The summed E-state index contributed by atoms with van der Waals surface area (Å²) in [5.74, 6) is -0.0941. The maximum Gasteiger partial charge on any atom is 0.162 e. The molecule has 66 valence electrons. The van der Waals surface area contributed by atoms with E-state index in [9.17, 15) is 4.79 Å². The highest BCUT2D eigenvalue weighted by atomic mass is 79.9. The van der Waals surface area contributed by atoms with Crippen molar-refractivity contribution >= 4 is 21.7 Å². The first-order valence-electron chi connectivity index (χ1n) is 3.77. The van der Waals surface area contributed by atoms with Gasteiger partial charge in [0, 0.05) is 10.0 Å². The number of halogens is 1. The summed E-state index contributed by atoms with van der Waals surface area (Å²) in [5, 5.41) is 8.79. The van der Waals surface area contributed by atoms with E-state index >= 15 is 0 Å². The lowest BCUT2D eigenvalue weighted by Gasteiger charge is -2.03. The van der Waals surface area contributed by atoms with E-state index in [4.69, 9.17) is 5.26 Å². The molecule has 0 bridgehead atoms. The molecule has 0 heterocycles. The Morgan fingerprint density at radius 2 is 2.15 bits per heavy atom. The fourth-order valence-electron chi connectivity index (χ4n) is 1.19. The van der Waals surface area contributed by atoms with Gasteiger partial charge in [0.15, 0.2) is 5.78 Å². The molecule has 13 heavy (non-hydrogen) atoms. The van der Waals surface area contributed by atoms with Gasteiger partial charge >= 0.3 is 0 Å². The summed E-state index contributed by atoms with van der Waals surface area (Å²) < 4.78 is 0.691. The van der Waals surface area contributed by atoms with Crippen LogP contribution in [0.25, 0.3) is 0 Å². The number of nitrogens with zero attached hydrogens (tertiary/aromatic N) is 1. The molecule has 1 rings (SSSR count). The molecule has 0 fully saturated rings. The van der Waals surface area contributed by atoms with Gasteiger partial charge in [-0.15, -0.1) is 0 Å². The fraction of sp³-hybridized carbons (Fsp3) is 0.200. The largest absolute Gasteiger partial charge is 0.294 e. The van der Waals surface area contributed by atoms with Crippen LogP contribution < -0.4 is 0 Å². The van der Waals surface area contributed by atoms with Crippen molar-refractivity contribution in [3.05, 3.63) is 33.3 Å². The topological polar surface area (TPSA) is 40.9 Å². The van der Waals surface area contributed by atoms with Gasteiger partial charge in [-0.25, -0.2) is 0 Å². The van der Waals surface area contributed by atoms with Crippen molar-refractivity contribution in [3.8, 4) is 6.07 Å². The van der Waals surface area contributed by atoms with E-state index in [0.29, 0.717) is 15.6 Å². The minimum atomic E-state index is -0.0941. The third-order valence-corrected chi connectivity index (χ3v) is 2.33. The van der Waals surface area contributed by atoms with Gasteiger partial charge < -0.3 is 0 Å². The van der Waals surface area contributed by atoms with Crippen molar-refractivity contribution in [2.75, 3.05) is 0 Å². The van der Waals surface area contributed by atoms with Gasteiger partial charge in [0.25, 0.3) is 0 Å². The minimum absolute atomic E-state index is 0.0941. The maximum absolute atomic E-state index is 11.2. The predicted molar refractivity (Wildman–Crippen MR) is 53.6 cm³/mol. The molecule has 0 aliphatic heterocycles. The number of carbonyl (C=O) groups excluding carboxylic acids is 1. The average molecular weight is 238 g/mol. The lowest BCUT2D eigenvalue weighted by atomic mass is 10.0. The fourth-order valence-corrected chi connectivity index (χ4v) is 2.04. The van der Waals surface area contributed by atoms with Crippen molar-refractivity contribution in [3.63, 3.8) is 0 Å². The van der Waals surface area contributed by atoms with Crippen molar-refractivity contribution in [2.24, 2.45) is 0 Å². The number of ketones is 1. The summed E-state index contributed by atoms with van der Waals surface area (Å²) in [6.45, 7) is 3.34. The average Bonchev–Trinajstić information content (AvgIpc) is 2.01. The first kappa shape index (κ1) is 9.94. The number of carbonyl (C=O) groups is 1. The zero-order valence-electron chi connectivity index (χ0n) is 7.39. The lowest BCUT2D eigenvalue weighted by molar-refractivity contribution is 0.101. The molecule has 0 aliphatic rings. The van der Waals surface area contributed by atoms with E-state index in [2.05, 4.69) is 15.9 Å². The van der Waals surface area contributed by atoms with E-state index in [1.165, 1.54) is 6.92 Å². The van der Waals surface area contributed by atoms with E-state index in [1.54, 1.807) is 6.07 Å². The van der Waals surface area contributed by atoms with Crippen molar-refractivity contribution in [1.29, 1.82) is 5.26 Å². The van der Waals surface area contributed by atoms with E-state index in [1.807, 2.05) is 19.1 Å².